The van der Waals surface area contributed by atoms with Gasteiger partial charge in [0, 0.05) is 18.8 Å². The van der Waals surface area contributed by atoms with Crippen molar-refractivity contribution in [1.82, 2.24) is 10.2 Å². The van der Waals surface area contributed by atoms with Crippen molar-refractivity contribution < 1.29 is 8.42 Å². The molecule has 1 aromatic carbocycles. The van der Waals surface area contributed by atoms with Crippen LogP contribution in [0.5, 0.6) is 0 Å². The number of sulfonamides is 1. The van der Waals surface area contributed by atoms with Crippen LogP contribution in [0.3, 0.4) is 0 Å². The highest BCUT2D eigenvalue weighted by molar-refractivity contribution is 7.93. The molecule has 0 aliphatic carbocycles. The summed E-state index contributed by atoms with van der Waals surface area (Å²) in [6.45, 7) is 1.07. The van der Waals surface area contributed by atoms with Crippen LogP contribution in [0.25, 0.3) is 0 Å². The predicted molar refractivity (Wildman–Crippen MR) is 91.0 cm³/mol. The van der Waals surface area contributed by atoms with Crippen LogP contribution in [-0.2, 0) is 10.0 Å². The number of piperidine rings is 1. The summed E-state index contributed by atoms with van der Waals surface area (Å²) in [7, 11) is -3.48. The summed E-state index contributed by atoms with van der Waals surface area (Å²) >= 11 is 0. The number of hydrogen-bond donors (Lipinski definition) is 1. The zero-order valence-corrected chi connectivity index (χ0v) is 13.8. The molecule has 1 aromatic heterocycles. The van der Waals surface area contributed by atoms with Gasteiger partial charge < -0.3 is 4.90 Å². The zero-order chi connectivity index (χ0) is 17.0. The van der Waals surface area contributed by atoms with Gasteiger partial charge in [-0.2, -0.15) is 5.26 Å². The summed E-state index contributed by atoms with van der Waals surface area (Å²) in [5.41, 5.74) is 0.804. The van der Waals surface area contributed by atoms with E-state index >= 15 is 0 Å². The van der Waals surface area contributed by atoms with Crippen LogP contribution in [0.2, 0.25) is 0 Å². The van der Waals surface area contributed by atoms with Crippen LogP contribution in [0.15, 0.2) is 42.5 Å². The molecule has 124 valence electrons. The van der Waals surface area contributed by atoms with Crippen LogP contribution in [0, 0.1) is 11.3 Å². The molecule has 0 bridgehead atoms. The van der Waals surface area contributed by atoms with Crippen molar-refractivity contribution in [1.29, 1.82) is 5.26 Å². The van der Waals surface area contributed by atoms with Crippen molar-refractivity contribution in [2.45, 2.75) is 18.1 Å². The van der Waals surface area contributed by atoms with E-state index in [4.69, 9.17) is 5.26 Å². The van der Waals surface area contributed by atoms with Crippen molar-refractivity contribution in [3.63, 3.8) is 0 Å². The Morgan fingerprint density at radius 2 is 1.96 bits per heavy atom. The van der Waals surface area contributed by atoms with E-state index in [0.717, 1.165) is 13.0 Å². The van der Waals surface area contributed by atoms with Gasteiger partial charge in [-0.25, -0.2) is 8.42 Å². The van der Waals surface area contributed by atoms with Gasteiger partial charge >= 0.3 is 0 Å². The molecule has 1 N–H and O–H groups in total. The number of para-hydroxylation sites is 1. The second-order valence-corrected chi connectivity index (χ2v) is 7.57. The molecule has 3 rings (SSSR count). The van der Waals surface area contributed by atoms with Crippen molar-refractivity contribution >= 4 is 21.5 Å². The van der Waals surface area contributed by atoms with Crippen LogP contribution >= 0.6 is 0 Å². The quantitative estimate of drug-likeness (QED) is 0.908. The fourth-order valence-corrected chi connectivity index (χ4v) is 4.19. The summed E-state index contributed by atoms with van der Waals surface area (Å²) in [4.78, 5) is 1.90. The highest BCUT2D eigenvalue weighted by Crippen LogP contribution is 2.23. The number of aromatic nitrogens is 2. The van der Waals surface area contributed by atoms with Crippen molar-refractivity contribution in [2.24, 2.45) is 0 Å². The molecule has 0 saturated carbocycles. The van der Waals surface area contributed by atoms with Gasteiger partial charge in [-0.05, 0) is 37.1 Å². The molecule has 0 spiro atoms. The number of hydrogen-bond acceptors (Lipinski definition) is 6. The Labute approximate surface area is 141 Å². The molecule has 7 nitrogen and oxygen atoms in total. The molecule has 24 heavy (non-hydrogen) atoms. The Kier molecular flexibility index (Phi) is 4.62. The summed E-state index contributed by atoms with van der Waals surface area (Å²) in [6.07, 6.45) is 1.35. The number of nitrogens with zero attached hydrogens (tertiary/aromatic N) is 4. The molecule has 1 saturated heterocycles. The van der Waals surface area contributed by atoms with E-state index in [9.17, 15) is 8.42 Å². The monoisotopic (exact) mass is 343 g/mol. The molecule has 0 radical (unpaired) electrons. The van der Waals surface area contributed by atoms with Gasteiger partial charge in [-0.1, -0.05) is 18.2 Å². The van der Waals surface area contributed by atoms with Crippen LogP contribution in [-0.4, -0.2) is 37.0 Å². The summed E-state index contributed by atoms with van der Waals surface area (Å²) in [6, 6.07) is 14.1. The van der Waals surface area contributed by atoms with Gasteiger partial charge in [0.2, 0.25) is 10.0 Å². The number of benzene rings is 1. The molecule has 1 aliphatic heterocycles. The van der Waals surface area contributed by atoms with E-state index in [-0.39, 0.29) is 5.69 Å². The normalized spacial score (nSPS) is 18.0. The summed E-state index contributed by atoms with van der Waals surface area (Å²) < 4.78 is 27.9. The van der Waals surface area contributed by atoms with Crippen molar-refractivity contribution in [3.05, 3.63) is 48.2 Å². The van der Waals surface area contributed by atoms with Crippen LogP contribution < -0.4 is 9.62 Å². The van der Waals surface area contributed by atoms with E-state index < -0.39 is 15.3 Å². The second kappa shape index (κ2) is 6.84. The lowest BCUT2D eigenvalue weighted by Crippen LogP contribution is -2.44. The van der Waals surface area contributed by atoms with Gasteiger partial charge in [-0.15, -0.1) is 10.2 Å². The Bertz CT molecular complexity index is 831. The van der Waals surface area contributed by atoms with Gasteiger partial charge in [-0.3, -0.25) is 4.72 Å². The minimum absolute atomic E-state index is 0.241. The minimum Gasteiger partial charge on any atom is -0.354 e. The molecule has 1 aliphatic rings. The molecule has 2 aromatic rings. The lowest BCUT2D eigenvalue weighted by molar-refractivity contribution is 0.532. The Morgan fingerprint density at radius 1 is 1.17 bits per heavy atom. The average Bonchev–Trinajstić information content (AvgIpc) is 2.62. The first-order valence-corrected chi connectivity index (χ1v) is 9.18. The molecule has 0 amide bonds. The molecular weight excluding hydrogens is 326 g/mol. The number of anilines is 2. The lowest BCUT2D eigenvalue weighted by Gasteiger charge is -2.33. The van der Waals surface area contributed by atoms with Gasteiger partial charge in [0.1, 0.15) is 6.07 Å². The third kappa shape index (κ3) is 3.63. The van der Waals surface area contributed by atoms with Gasteiger partial charge in [0.25, 0.3) is 0 Å². The number of rotatable bonds is 4. The number of nitriles is 1. The molecule has 1 fully saturated rings. The van der Waals surface area contributed by atoms with E-state index in [1.54, 1.807) is 36.4 Å². The van der Waals surface area contributed by atoms with Crippen molar-refractivity contribution in [3.8, 4) is 6.07 Å². The molecule has 1 atom stereocenters. The van der Waals surface area contributed by atoms with E-state index in [0.29, 0.717) is 24.5 Å². The van der Waals surface area contributed by atoms with Crippen LogP contribution in [0.4, 0.5) is 11.5 Å². The fourth-order valence-electron chi connectivity index (χ4n) is 2.71. The Morgan fingerprint density at radius 3 is 2.62 bits per heavy atom. The highest BCUT2D eigenvalue weighted by Gasteiger charge is 2.31. The first kappa shape index (κ1) is 16.2. The molecular formula is C16H17N5O2S. The largest absolute Gasteiger partial charge is 0.354 e. The standard InChI is InChI=1S/C16H17N5O2S/c17-11-14-8-9-16(19-18-14)21-10-4-7-15(12-21)24(22,23)20-13-5-2-1-3-6-13/h1-3,5-6,8-9,15,20H,4,7,10,12H2. The first-order valence-electron chi connectivity index (χ1n) is 7.64. The maximum atomic E-state index is 12.6. The minimum atomic E-state index is -3.48. The smallest absolute Gasteiger partial charge is 0.237 e. The lowest BCUT2D eigenvalue weighted by atomic mass is 10.1. The van der Waals surface area contributed by atoms with E-state index in [2.05, 4.69) is 14.9 Å². The topological polar surface area (TPSA) is 99.0 Å². The molecule has 2 heterocycles. The third-order valence-electron chi connectivity index (χ3n) is 3.94. The van der Waals surface area contributed by atoms with Gasteiger partial charge in [0.05, 0.1) is 5.25 Å². The third-order valence-corrected chi connectivity index (χ3v) is 5.72. The fraction of sp³-hybridized carbons (Fsp3) is 0.312. The SMILES string of the molecule is N#Cc1ccc(N2CCCC(S(=O)(=O)Nc3ccccc3)C2)nn1. The Hall–Kier alpha value is -2.66. The van der Waals surface area contributed by atoms with E-state index in [1.807, 2.05) is 17.0 Å². The maximum absolute atomic E-state index is 12.6. The predicted octanol–water partition coefficient (Wildman–Crippen LogP) is 1.76. The zero-order valence-electron chi connectivity index (χ0n) is 13.0. The maximum Gasteiger partial charge on any atom is 0.237 e. The van der Waals surface area contributed by atoms with Gasteiger partial charge in [0.15, 0.2) is 11.5 Å². The molecule has 1 unspecified atom stereocenters. The Balaban J connectivity index is 1.73. The van der Waals surface area contributed by atoms with Crippen molar-refractivity contribution in [2.75, 3.05) is 22.7 Å². The van der Waals surface area contributed by atoms with Crippen LogP contribution in [0.1, 0.15) is 18.5 Å². The first-order chi connectivity index (χ1) is 11.6. The number of nitrogens with one attached hydrogen (secondary N) is 1. The summed E-state index contributed by atoms with van der Waals surface area (Å²) in [5, 5.41) is 16.1. The highest BCUT2D eigenvalue weighted by atomic mass is 32.2. The van der Waals surface area contributed by atoms with E-state index in [1.165, 1.54) is 0 Å². The molecule has 8 heteroatoms. The second-order valence-electron chi connectivity index (χ2n) is 5.61. The summed E-state index contributed by atoms with van der Waals surface area (Å²) in [5.74, 6) is 0.591. The average molecular weight is 343 g/mol.